The number of benzene rings is 2. The van der Waals surface area contributed by atoms with Gasteiger partial charge < -0.3 is 15.2 Å². The molecule has 2 atom stereocenters. The standard InChI is InChI=1S/C19H25NO2/c1-14-6-5-9-19(14,21)13-20-12-17-10-15-7-3-4-8-16(15)11-18(17)22-2/h3-4,7-8,10-11,14,20-21H,5-6,9,12-13H2,1-2H3. The van der Waals surface area contributed by atoms with Gasteiger partial charge in [-0.05, 0) is 41.7 Å². The van der Waals surface area contributed by atoms with E-state index in [0.717, 1.165) is 30.6 Å². The van der Waals surface area contributed by atoms with Crippen LogP contribution in [0.15, 0.2) is 36.4 Å². The van der Waals surface area contributed by atoms with Crippen molar-refractivity contribution in [3.05, 3.63) is 42.0 Å². The molecule has 2 N–H and O–H groups in total. The summed E-state index contributed by atoms with van der Waals surface area (Å²) in [5, 5.41) is 16.5. The number of hydrogen-bond acceptors (Lipinski definition) is 3. The molecule has 1 aliphatic rings. The van der Waals surface area contributed by atoms with Crippen LogP contribution in [0.5, 0.6) is 5.75 Å². The predicted molar refractivity (Wildman–Crippen MR) is 90.2 cm³/mol. The van der Waals surface area contributed by atoms with Gasteiger partial charge in [-0.1, -0.05) is 37.6 Å². The van der Waals surface area contributed by atoms with Crippen molar-refractivity contribution in [1.82, 2.24) is 5.32 Å². The summed E-state index contributed by atoms with van der Waals surface area (Å²) in [5.74, 6) is 1.27. The van der Waals surface area contributed by atoms with E-state index < -0.39 is 5.60 Å². The summed E-state index contributed by atoms with van der Waals surface area (Å²) in [6, 6.07) is 12.6. The molecule has 3 nitrogen and oxygen atoms in total. The summed E-state index contributed by atoms with van der Waals surface area (Å²) < 4.78 is 5.52. The minimum Gasteiger partial charge on any atom is -0.496 e. The lowest BCUT2D eigenvalue weighted by Gasteiger charge is -2.28. The fraction of sp³-hybridized carbons (Fsp3) is 0.474. The Morgan fingerprint density at radius 2 is 2.00 bits per heavy atom. The summed E-state index contributed by atoms with van der Waals surface area (Å²) in [7, 11) is 1.71. The molecule has 1 saturated carbocycles. The maximum atomic E-state index is 10.6. The predicted octanol–water partition coefficient (Wildman–Crippen LogP) is 3.49. The molecular formula is C19H25NO2. The molecule has 1 fully saturated rings. The topological polar surface area (TPSA) is 41.5 Å². The van der Waals surface area contributed by atoms with Crippen LogP contribution in [-0.2, 0) is 6.54 Å². The maximum absolute atomic E-state index is 10.6. The second-order valence-corrected chi connectivity index (χ2v) is 6.51. The molecule has 3 rings (SSSR count). The zero-order chi connectivity index (χ0) is 15.6. The molecule has 3 heteroatoms. The van der Waals surface area contributed by atoms with Crippen molar-refractivity contribution in [2.45, 2.75) is 38.3 Å². The van der Waals surface area contributed by atoms with Gasteiger partial charge >= 0.3 is 0 Å². The first kappa shape index (κ1) is 15.3. The summed E-state index contributed by atoms with van der Waals surface area (Å²) in [4.78, 5) is 0. The van der Waals surface area contributed by atoms with Gasteiger partial charge in [-0.25, -0.2) is 0 Å². The van der Waals surface area contributed by atoms with Crippen LogP contribution in [0.4, 0.5) is 0 Å². The van der Waals surface area contributed by atoms with Gasteiger partial charge in [0, 0.05) is 18.7 Å². The zero-order valence-corrected chi connectivity index (χ0v) is 13.4. The molecule has 0 saturated heterocycles. The zero-order valence-electron chi connectivity index (χ0n) is 13.4. The van der Waals surface area contributed by atoms with Crippen LogP contribution in [0.1, 0.15) is 31.7 Å². The lowest BCUT2D eigenvalue weighted by molar-refractivity contribution is 0.00966. The van der Waals surface area contributed by atoms with E-state index in [-0.39, 0.29) is 0 Å². The van der Waals surface area contributed by atoms with Crippen LogP contribution < -0.4 is 10.1 Å². The van der Waals surface area contributed by atoms with Gasteiger partial charge in [0.2, 0.25) is 0 Å². The Hall–Kier alpha value is -1.58. The Balaban J connectivity index is 1.73. The second-order valence-electron chi connectivity index (χ2n) is 6.51. The number of fused-ring (bicyclic) bond motifs is 1. The number of nitrogens with one attached hydrogen (secondary N) is 1. The van der Waals surface area contributed by atoms with Crippen molar-refractivity contribution in [3.63, 3.8) is 0 Å². The molecular weight excluding hydrogens is 274 g/mol. The van der Waals surface area contributed by atoms with Crippen LogP contribution in [0.25, 0.3) is 10.8 Å². The van der Waals surface area contributed by atoms with E-state index in [9.17, 15) is 5.11 Å². The van der Waals surface area contributed by atoms with Gasteiger partial charge in [-0.15, -0.1) is 0 Å². The Kier molecular flexibility index (Phi) is 4.37. The minimum absolute atomic E-state index is 0.374. The van der Waals surface area contributed by atoms with Gasteiger partial charge in [-0.3, -0.25) is 0 Å². The van der Waals surface area contributed by atoms with Crippen LogP contribution >= 0.6 is 0 Å². The van der Waals surface area contributed by atoms with Crippen LogP contribution in [-0.4, -0.2) is 24.4 Å². The summed E-state index contributed by atoms with van der Waals surface area (Å²) in [5.41, 5.74) is 0.583. The highest BCUT2D eigenvalue weighted by molar-refractivity contribution is 5.85. The quantitative estimate of drug-likeness (QED) is 0.888. The third kappa shape index (κ3) is 2.96. The highest BCUT2D eigenvalue weighted by atomic mass is 16.5. The van der Waals surface area contributed by atoms with Crippen LogP contribution in [0, 0.1) is 5.92 Å². The molecule has 0 bridgehead atoms. The first-order valence-corrected chi connectivity index (χ1v) is 8.11. The molecule has 0 radical (unpaired) electrons. The summed E-state index contributed by atoms with van der Waals surface area (Å²) >= 11 is 0. The van der Waals surface area contributed by atoms with Gasteiger partial charge in [0.15, 0.2) is 0 Å². The average molecular weight is 299 g/mol. The van der Waals surface area contributed by atoms with Gasteiger partial charge in [-0.2, -0.15) is 0 Å². The molecule has 0 spiro atoms. The number of hydrogen-bond donors (Lipinski definition) is 2. The van der Waals surface area contributed by atoms with Gasteiger partial charge in [0.1, 0.15) is 5.75 Å². The molecule has 0 aromatic heterocycles. The molecule has 2 aromatic carbocycles. The van der Waals surface area contributed by atoms with Crippen LogP contribution in [0.3, 0.4) is 0 Å². The molecule has 118 valence electrons. The lowest BCUT2D eigenvalue weighted by atomic mass is 9.92. The fourth-order valence-corrected chi connectivity index (χ4v) is 3.50. The van der Waals surface area contributed by atoms with E-state index in [1.807, 2.05) is 6.07 Å². The third-order valence-corrected chi connectivity index (χ3v) is 5.06. The second kappa shape index (κ2) is 6.27. The van der Waals surface area contributed by atoms with E-state index >= 15 is 0 Å². The van der Waals surface area contributed by atoms with Crippen molar-refractivity contribution in [2.75, 3.05) is 13.7 Å². The Morgan fingerprint density at radius 3 is 2.64 bits per heavy atom. The lowest BCUT2D eigenvalue weighted by Crippen LogP contribution is -2.42. The highest BCUT2D eigenvalue weighted by Crippen LogP contribution is 2.35. The number of ether oxygens (including phenoxy) is 1. The normalized spacial score (nSPS) is 24.8. The third-order valence-electron chi connectivity index (χ3n) is 5.06. The van der Waals surface area contributed by atoms with E-state index in [2.05, 4.69) is 42.6 Å². The first-order chi connectivity index (χ1) is 10.6. The van der Waals surface area contributed by atoms with E-state index in [1.54, 1.807) is 7.11 Å². The van der Waals surface area contributed by atoms with Crippen molar-refractivity contribution < 1.29 is 9.84 Å². The van der Waals surface area contributed by atoms with E-state index in [1.165, 1.54) is 10.8 Å². The highest BCUT2D eigenvalue weighted by Gasteiger charge is 2.37. The first-order valence-electron chi connectivity index (χ1n) is 8.11. The Bertz CT molecular complexity index is 655. The van der Waals surface area contributed by atoms with Crippen molar-refractivity contribution in [1.29, 1.82) is 0 Å². The van der Waals surface area contributed by atoms with E-state index in [4.69, 9.17) is 4.74 Å². The van der Waals surface area contributed by atoms with Crippen molar-refractivity contribution in [3.8, 4) is 5.75 Å². The van der Waals surface area contributed by atoms with Crippen molar-refractivity contribution in [2.24, 2.45) is 5.92 Å². The molecule has 1 aliphatic carbocycles. The Morgan fingerprint density at radius 1 is 1.27 bits per heavy atom. The van der Waals surface area contributed by atoms with Crippen molar-refractivity contribution >= 4 is 10.8 Å². The monoisotopic (exact) mass is 299 g/mol. The fourth-order valence-electron chi connectivity index (χ4n) is 3.50. The molecule has 2 unspecified atom stereocenters. The smallest absolute Gasteiger partial charge is 0.123 e. The summed E-state index contributed by atoms with van der Waals surface area (Å²) in [6.07, 6.45) is 3.14. The average Bonchev–Trinajstić information content (AvgIpc) is 2.86. The SMILES string of the molecule is COc1cc2ccccc2cc1CNCC1(O)CCCC1C. The molecule has 22 heavy (non-hydrogen) atoms. The minimum atomic E-state index is -0.552. The number of methoxy groups -OCH3 is 1. The molecule has 0 heterocycles. The molecule has 0 aliphatic heterocycles. The van der Waals surface area contributed by atoms with E-state index in [0.29, 0.717) is 19.0 Å². The number of rotatable bonds is 5. The largest absolute Gasteiger partial charge is 0.496 e. The maximum Gasteiger partial charge on any atom is 0.123 e. The summed E-state index contributed by atoms with van der Waals surface area (Å²) in [6.45, 7) is 3.50. The Labute approximate surface area is 132 Å². The van der Waals surface area contributed by atoms with Gasteiger partial charge in [0.05, 0.1) is 12.7 Å². The van der Waals surface area contributed by atoms with Crippen LogP contribution in [0.2, 0.25) is 0 Å². The van der Waals surface area contributed by atoms with Gasteiger partial charge in [0.25, 0.3) is 0 Å². The molecule has 2 aromatic rings. The molecule has 0 amide bonds. The number of aliphatic hydroxyl groups is 1.